The van der Waals surface area contributed by atoms with Gasteiger partial charge in [-0.1, -0.05) is 0 Å². The molecular formula is C13H19N3O3S. The minimum absolute atomic E-state index is 0.127. The van der Waals surface area contributed by atoms with E-state index >= 15 is 0 Å². The number of carboxylic acid groups (broad SMARTS) is 1. The second kappa shape index (κ2) is 6.23. The lowest BCUT2D eigenvalue weighted by atomic mass is 9.99. The summed E-state index contributed by atoms with van der Waals surface area (Å²) in [4.78, 5) is 25.1. The van der Waals surface area contributed by atoms with Gasteiger partial charge in [-0.25, -0.2) is 9.59 Å². The molecule has 6 nitrogen and oxygen atoms in total. The molecule has 2 atom stereocenters. The van der Waals surface area contributed by atoms with Crippen LogP contribution in [0, 0.1) is 0 Å². The number of carboxylic acids is 1. The lowest BCUT2D eigenvalue weighted by Gasteiger charge is -2.35. The maximum atomic E-state index is 11.9. The second-order valence-corrected chi connectivity index (χ2v) is 6.03. The van der Waals surface area contributed by atoms with Crippen LogP contribution >= 0.6 is 11.3 Å². The fourth-order valence-electron chi connectivity index (χ4n) is 2.32. The van der Waals surface area contributed by atoms with E-state index in [9.17, 15) is 9.59 Å². The summed E-state index contributed by atoms with van der Waals surface area (Å²) in [5.41, 5.74) is 0.127. The van der Waals surface area contributed by atoms with Crippen molar-refractivity contribution in [3.05, 3.63) is 17.0 Å². The normalized spacial score (nSPS) is 23.3. The predicted octanol–water partition coefficient (Wildman–Crippen LogP) is 2.05. The number of carbonyl (C=O) groups excluding carboxylic acids is 1. The molecule has 2 heterocycles. The van der Waals surface area contributed by atoms with Gasteiger partial charge >= 0.3 is 12.0 Å². The molecule has 0 saturated carbocycles. The molecular weight excluding hydrogens is 278 g/mol. The number of nitrogens with one attached hydrogen (secondary N) is 2. The summed E-state index contributed by atoms with van der Waals surface area (Å²) in [6.07, 6.45) is 1.81. The average Bonchev–Trinajstić information content (AvgIpc) is 2.82. The van der Waals surface area contributed by atoms with Crippen molar-refractivity contribution in [2.24, 2.45) is 0 Å². The largest absolute Gasteiger partial charge is 0.478 e. The molecule has 2 rings (SSSR count). The van der Waals surface area contributed by atoms with Crippen LogP contribution in [0.25, 0.3) is 0 Å². The number of nitrogens with zero attached hydrogens (tertiary/aromatic N) is 1. The number of likely N-dealkylation sites (tertiary alicyclic amines) is 1. The summed E-state index contributed by atoms with van der Waals surface area (Å²) < 4.78 is 0. The van der Waals surface area contributed by atoms with E-state index in [4.69, 9.17) is 5.11 Å². The fraction of sp³-hybridized carbons (Fsp3) is 0.538. The van der Waals surface area contributed by atoms with E-state index in [0.29, 0.717) is 11.0 Å². The predicted molar refractivity (Wildman–Crippen MR) is 78.5 cm³/mol. The molecule has 0 spiro atoms. The molecule has 1 aromatic rings. The number of hydrogen-bond donors (Lipinski definition) is 3. The van der Waals surface area contributed by atoms with Crippen molar-refractivity contribution in [3.63, 3.8) is 0 Å². The molecule has 0 aromatic carbocycles. The number of thiophene rings is 1. The molecule has 1 saturated heterocycles. The number of hydrogen-bond acceptors (Lipinski definition) is 4. The SMILES string of the molecule is CC1CC(NC(=O)Nc2sccc2C(=O)O)CCN1C. The highest BCUT2D eigenvalue weighted by molar-refractivity contribution is 7.14. The fourth-order valence-corrected chi connectivity index (χ4v) is 3.09. The van der Waals surface area contributed by atoms with E-state index in [1.165, 1.54) is 17.4 Å². The first-order valence-electron chi connectivity index (χ1n) is 6.56. The number of urea groups is 1. The summed E-state index contributed by atoms with van der Waals surface area (Å²) in [5, 5.41) is 16.5. The van der Waals surface area contributed by atoms with Crippen LogP contribution in [-0.4, -0.2) is 47.7 Å². The van der Waals surface area contributed by atoms with Gasteiger partial charge in [0, 0.05) is 18.6 Å². The Labute approximate surface area is 121 Å². The molecule has 1 aromatic heterocycles. The van der Waals surface area contributed by atoms with Crippen LogP contribution in [0.5, 0.6) is 0 Å². The molecule has 1 fully saturated rings. The van der Waals surface area contributed by atoms with Crippen LogP contribution in [0.2, 0.25) is 0 Å². The minimum atomic E-state index is -1.03. The van der Waals surface area contributed by atoms with Crippen LogP contribution in [-0.2, 0) is 0 Å². The van der Waals surface area contributed by atoms with Gasteiger partial charge in [0.1, 0.15) is 5.00 Å². The molecule has 20 heavy (non-hydrogen) atoms. The van der Waals surface area contributed by atoms with E-state index in [1.54, 1.807) is 5.38 Å². The van der Waals surface area contributed by atoms with Crippen molar-refractivity contribution in [1.82, 2.24) is 10.2 Å². The van der Waals surface area contributed by atoms with Crippen LogP contribution in [0.3, 0.4) is 0 Å². The number of rotatable bonds is 3. The summed E-state index contributed by atoms with van der Waals surface area (Å²) in [7, 11) is 2.08. The van der Waals surface area contributed by atoms with Crippen molar-refractivity contribution in [1.29, 1.82) is 0 Å². The van der Waals surface area contributed by atoms with Gasteiger partial charge in [-0.2, -0.15) is 0 Å². The highest BCUT2D eigenvalue weighted by Gasteiger charge is 2.24. The maximum absolute atomic E-state index is 11.9. The van der Waals surface area contributed by atoms with Crippen LogP contribution in [0.15, 0.2) is 11.4 Å². The van der Waals surface area contributed by atoms with E-state index in [2.05, 4.69) is 29.5 Å². The Morgan fingerprint density at radius 3 is 2.90 bits per heavy atom. The zero-order valence-corrected chi connectivity index (χ0v) is 12.4. The van der Waals surface area contributed by atoms with Gasteiger partial charge in [0.25, 0.3) is 0 Å². The minimum Gasteiger partial charge on any atom is -0.478 e. The molecule has 2 amide bonds. The molecule has 7 heteroatoms. The number of anilines is 1. The summed E-state index contributed by atoms with van der Waals surface area (Å²) in [6, 6.07) is 1.72. The first-order chi connectivity index (χ1) is 9.47. The van der Waals surface area contributed by atoms with E-state index in [1.807, 2.05) is 0 Å². The average molecular weight is 297 g/mol. The summed E-state index contributed by atoms with van der Waals surface area (Å²) in [6.45, 7) is 3.08. The van der Waals surface area contributed by atoms with E-state index < -0.39 is 5.97 Å². The number of carbonyl (C=O) groups is 2. The first kappa shape index (κ1) is 14.8. The Hall–Kier alpha value is -1.60. The van der Waals surface area contributed by atoms with Crippen LogP contribution in [0.4, 0.5) is 9.80 Å². The lowest BCUT2D eigenvalue weighted by molar-refractivity contribution is 0.0698. The van der Waals surface area contributed by atoms with Gasteiger partial charge in [-0.05, 0) is 38.3 Å². The Balaban J connectivity index is 1.89. The van der Waals surface area contributed by atoms with Crippen molar-refractivity contribution >= 4 is 28.3 Å². The van der Waals surface area contributed by atoms with Crippen molar-refractivity contribution in [3.8, 4) is 0 Å². The van der Waals surface area contributed by atoms with Gasteiger partial charge < -0.3 is 15.3 Å². The van der Waals surface area contributed by atoms with Crippen LogP contribution in [0.1, 0.15) is 30.1 Å². The smallest absolute Gasteiger partial charge is 0.338 e. The molecule has 0 bridgehead atoms. The molecule has 110 valence electrons. The third kappa shape index (κ3) is 3.49. The third-order valence-electron chi connectivity index (χ3n) is 3.67. The van der Waals surface area contributed by atoms with Gasteiger partial charge in [-0.15, -0.1) is 11.3 Å². The van der Waals surface area contributed by atoms with Gasteiger partial charge in [0.2, 0.25) is 0 Å². The van der Waals surface area contributed by atoms with Gasteiger partial charge in [-0.3, -0.25) is 5.32 Å². The van der Waals surface area contributed by atoms with Gasteiger partial charge in [0.05, 0.1) is 5.56 Å². The lowest BCUT2D eigenvalue weighted by Crippen LogP contribution is -2.48. The Morgan fingerprint density at radius 1 is 1.50 bits per heavy atom. The monoisotopic (exact) mass is 297 g/mol. The molecule has 0 aliphatic carbocycles. The quantitative estimate of drug-likeness (QED) is 0.797. The Bertz CT molecular complexity index is 503. The Morgan fingerprint density at radius 2 is 2.25 bits per heavy atom. The van der Waals surface area contributed by atoms with Crippen molar-refractivity contribution in [2.75, 3.05) is 18.9 Å². The molecule has 1 aliphatic heterocycles. The molecule has 3 N–H and O–H groups in total. The highest BCUT2D eigenvalue weighted by Crippen LogP contribution is 2.23. The van der Waals surface area contributed by atoms with Gasteiger partial charge in [0.15, 0.2) is 0 Å². The van der Waals surface area contributed by atoms with E-state index in [-0.39, 0.29) is 17.6 Å². The Kier molecular flexibility index (Phi) is 4.61. The molecule has 1 aliphatic rings. The topological polar surface area (TPSA) is 81.7 Å². The standard InChI is InChI=1S/C13H19N3O3S/c1-8-7-9(3-5-16(8)2)14-13(19)15-11-10(12(17)18)4-6-20-11/h4,6,8-9H,3,5,7H2,1-2H3,(H,17,18)(H2,14,15,19). The van der Waals surface area contributed by atoms with E-state index in [0.717, 1.165) is 19.4 Å². The number of piperidine rings is 1. The second-order valence-electron chi connectivity index (χ2n) is 5.12. The summed E-state index contributed by atoms with van der Waals surface area (Å²) >= 11 is 1.21. The molecule has 2 unspecified atom stereocenters. The zero-order valence-electron chi connectivity index (χ0n) is 11.5. The highest BCUT2D eigenvalue weighted by atomic mass is 32.1. The first-order valence-corrected chi connectivity index (χ1v) is 7.44. The number of aromatic carboxylic acids is 1. The number of amides is 2. The van der Waals surface area contributed by atoms with Crippen LogP contribution < -0.4 is 10.6 Å². The summed E-state index contributed by atoms with van der Waals surface area (Å²) in [5.74, 6) is -1.03. The van der Waals surface area contributed by atoms with Crippen molar-refractivity contribution < 1.29 is 14.7 Å². The van der Waals surface area contributed by atoms with Crippen molar-refractivity contribution in [2.45, 2.75) is 31.8 Å². The molecule has 0 radical (unpaired) electrons. The maximum Gasteiger partial charge on any atom is 0.338 e. The third-order valence-corrected chi connectivity index (χ3v) is 4.50. The zero-order chi connectivity index (χ0) is 14.7.